The zero-order valence-electron chi connectivity index (χ0n) is 9.60. The van der Waals surface area contributed by atoms with E-state index in [1.807, 2.05) is 20.0 Å². The van der Waals surface area contributed by atoms with Crippen molar-refractivity contribution in [1.82, 2.24) is 10.3 Å². The molecule has 0 radical (unpaired) electrons. The Morgan fingerprint density at radius 2 is 2.19 bits per heavy atom. The first-order chi connectivity index (χ1) is 7.79. The Bertz CT molecular complexity index is 437. The van der Waals surface area contributed by atoms with E-state index in [1.165, 1.54) is 4.88 Å². The lowest BCUT2D eigenvalue weighted by atomic mass is 10.1. The average molecular weight is 232 g/mol. The quantitative estimate of drug-likeness (QED) is 0.876. The molecule has 2 aromatic rings. The van der Waals surface area contributed by atoms with Crippen LogP contribution in [0, 0.1) is 6.92 Å². The molecule has 16 heavy (non-hydrogen) atoms. The fourth-order valence-corrected chi connectivity index (χ4v) is 2.49. The smallest absolute Gasteiger partial charge is 0.0579 e. The zero-order chi connectivity index (χ0) is 11.4. The lowest BCUT2D eigenvalue weighted by Gasteiger charge is -2.15. The number of hydrogen-bond acceptors (Lipinski definition) is 3. The van der Waals surface area contributed by atoms with E-state index in [9.17, 15) is 0 Å². The first-order valence-corrected chi connectivity index (χ1v) is 6.31. The summed E-state index contributed by atoms with van der Waals surface area (Å²) in [5.41, 5.74) is 2.19. The van der Waals surface area contributed by atoms with E-state index in [4.69, 9.17) is 0 Å². The minimum absolute atomic E-state index is 0.304. The highest BCUT2D eigenvalue weighted by molar-refractivity contribution is 7.09. The van der Waals surface area contributed by atoms with Crippen LogP contribution in [0.25, 0.3) is 0 Å². The number of thiophene rings is 1. The molecule has 0 amide bonds. The van der Waals surface area contributed by atoms with Gasteiger partial charge in [0.05, 0.1) is 11.7 Å². The van der Waals surface area contributed by atoms with Crippen molar-refractivity contribution in [2.75, 3.05) is 7.05 Å². The van der Waals surface area contributed by atoms with E-state index in [2.05, 4.69) is 39.9 Å². The Hall–Kier alpha value is -1.19. The standard InChI is InChI=1S/C13H16N2S/c1-10-5-3-7-12(15-10)13(14-2)9-11-6-4-8-16-11/h3-8,13-14H,9H2,1-2H3. The molecule has 1 N–H and O–H groups in total. The van der Waals surface area contributed by atoms with Gasteiger partial charge >= 0.3 is 0 Å². The summed E-state index contributed by atoms with van der Waals surface area (Å²) in [6.45, 7) is 2.03. The third-order valence-corrected chi connectivity index (χ3v) is 3.50. The molecule has 0 fully saturated rings. The molecule has 0 saturated heterocycles. The molecule has 1 atom stereocenters. The lowest BCUT2D eigenvalue weighted by Crippen LogP contribution is -2.19. The van der Waals surface area contributed by atoms with E-state index < -0.39 is 0 Å². The number of aryl methyl sites for hydroxylation is 1. The fourth-order valence-electron chi connectivity index (χ4n) is 1.74. The van der Waals surface area contributed by atoms with Crippen LogP contribution in [0.3, 0.4) is 0 Å². The SMILES string of the molecule is CNC(Cc1cccs1)c1cccc(C)n1. The molecule has 2 heterocycles. The van der Waals surface area contributed by atoms with Crippen LogP contribution in [0.4, 0.5) is 0 Å². The normalized spacial score (nSPS) is 12.6. The molecular formula is C13H16N2S. The highest BCUT2D eigenvalue weighted by atomic mass is 32.1. The van der Waals surface area contributed by atoms with Crippen molar-refractivity contribution in [3.05, 3.63) is 52.0 Å². The molecule has 0 aliphatic carbocycles. The van der Waals surface area contributed by atoms with Crippen molar-refractivity contribution in [2.24, 2.45) is 0 Å². The molecule has 0 aromatic carbocycles. The molecule has 3 heteroatoms. The summed E-state index contributed by atoms with van der Waals surface area (Å²) in [5.74, 6) is 0. The third kappa shape index (κ3) is 2.68. The minimum atomic E-state index is 0.304. The summed E-state index contributed by atoms with van der Waals surface area (Å²) < 4.78 is 0. The van der Waals surface area contributed by atoms with Gasteiger partial charge in [-0.3, -0.25) is 4.98 Å². The summed E-state index contributed by atoms with van der Waals surface area (Å²) >= 11 is 1.80. The first-order valence-electron chi connectivity index (χ1n) is 5.43. The van der Waals surface area contributed by atoms with Crippen LogP contribution in [0.15, 0.2) is 35.7 Å². The summed E-state index contributed by atoms with van der Waals surface area (Å²) in [7, 11) is 1.99. The zero-order valence-corrected chi connectivity index (χ0v) is 10.4. The van der Waals surface area contributed by atoms with Crippen molar-refractivity contribution >= 4 is 11.3 Å². The Morgan fingerprint density at radius 1 is 1.31 bits per heavy atom. The van der Waals surface area contributed by atoms with Crippen LogP contribution in [0.5, 0.6) is 0 Å². The van der Waals surface area contributed by atoms with Gasteiger partial charge in [0.25, 0.3) is 0 Å². The monoisotopic (exact) mass is 232 g/mol. The average Bonchev–Trinajstić information content (AvgIpc) is 2.78. The molecule has 84 valence electrons. The first kappa shape index (κ1) is 11.3. The van der Waals surface area contributed by atoms with Gasteiger partial charge in [-0.2, -0.15) is 0 Å². The van der Waals surface area contributed by atoms with Crippen molar-refractivity contribution in [2.45, 2.75) is 19.4 Å². The van der Waals surface area contributed by atoms with Gasteiger partial charge in [0.2, 0.25) is 0 Å². The van der Waals surface area contributed by atoms with Crippen molar-refractivity contribution < 1.29 is 0 Å². The van der Waals surface area contributed by atoms with Gasteiger partial charge < -0.3 is 5.32 Å². The molecule has 0 saturated carbocycles. The number of likely N-dealkylation sites (N-methyl/N-ethyl adjacent to an activating group) is 1. The fraction of sp³-hybridized carbons (Fsp3) is 0.308. The van der Waals surface area contributed by atoms with E-state index >= 15 is 0 Å². The molecule has 0 spiro atoms. The number of nitrogens with one attached hydrogen (secondary N) is 1. The Morgan fingerprint density at radius 3 is 2.81 bits per heavy atom. The van der Waals surface area contributed by atoms with Crippen LogP contribution in [0.2, 0.25) is 0 Å². The predicted octanol–water partition coefficient (Wildman–Crippen LogP) is 2.95. The van der Waals surface area contributed by atoms with Gasteiger partial charge in [-0.05, 0) is 37.6 Å². The van der Waals surface area contributed by atoms with Crippen molar-refractivity contribution in [3.8, 4) is 0 Å². The van der Waals surface area contributed by atoms with Gasteiger partial charge in [0.1, 0.15) is 0 Å². The second kappa shape index (κ2) is 5.23. The molecular weight excluding hydrogens is 216 g/mol. The number of pyridine rings is 1. The molecule has 2 nitrogen and oxygen atoms in total. The topological polar surface area (TPSA) is 24.9 Å². The van der Waals surface area contributed by atoms with Crippen LogP contribution in [-0.4, -0.2) is 12.0 Å². The second-order valence-electron chi connectivity index (χ2n) is 3.83. The lowest BCUT2D eigenvalue weighted by molar-refractivity contribution is 0.579. The van der Waals surface area contributed by atoms with Crippen LogP contribution < -0.4 is 5.32 Å². The highest BCUT2D eigenvalue weighted by Gasteiger charge is 2.11. The maximum absolute atomic E-state index is 4.57. The molecule has 0 aliphatic heterocycles. The number of hydrogen-bond donors (Lipinski definition) is 1. The van der Waals surface area contributed by atoms with Gasteiger partial charge in [-0.1, -0.05) is 12.1 Å². The summed E-state index contributed by atoms with van der Waals surface area (Å²) in [6.07, 6.45) is 1.00. The van der Waals surface area contributed by atoms with Crippen LogP contribution in [-0.2, 0) is 6.42 Å². The summed E-state index contributed by atoms with van der Waals surface area (Å²) in [5, 5.41) is 5.44. The molecule has 0 aliphatic rings. The highest BCUT2D eigenvalue weighted by Crippen LogP contribution is 2.19. The largest absolute Gasteiger partial charge is 0.311 e. The number of rotatable bonds is 4. The van der Waals surface area contributed by atoms with Crippen LogP contribution >= 0.6 is 11.3 Å². The number of nitrogens with zero attached hydrogens (tertiary/aromatic N) is 1. The molecule has 2 rings (SSSR count). The Balaban J connectivity index is 2.16. The second-order valence-corrected chi connectivity index (χ2v) is 4.86. The number of aromatic nitrogens is 1. The van der Waals surface area contributed by atoms with E-state index in [0.717, 1.165) is 17.8 Å². The van der Waals surface area contributed by atoms with Gasteiger partial charge in [-0.25, -0.2) is 0 Å². The molecule has 0 bridgehead atoms. The predicted molar refractivity (Wildman–Crippen MR) is 68.8 cm³/mol. The Kier molecular flexibility index (Phi) is 3.70. The maximum Gasteiger partial charge on any atom is 0.0579 e. The third-order valence-electron chi connectivity index (χ3n) is 2.60. The van der Waals surface area contributed by atoms with E-state index in [1.54, 1.807) is 11.3 Å². The summed E-state index contributed by atoms with van der Waals surface area (Å²) in [6, 6.07) is 10.7. The molecule has 2 aromatic heterocycles. The van der Waals surface area contributed by atoms with E-state index in [0.29, 0.717) is 6.04 Å². The maximum atomic E-state index is 4.57. The van der Waals surface area contributed by atoms with Gasteiger partial charge in [0, 0.05) is 17.0 Å². The Labute approximate surface area is 100 Å². The van der Waals surface area contributed by atoms with Crippen molar-refractivity contribution in [3.63, 3.8) is 0 Å². The van der Waals surface area contributed by atoms with Crippen molar-refractivity contribution in [1.29, 1.82) is 0 Å². The summed E-state index contributed by atoms with van der Waals surface area (Å²) in [4.78, 5) is 5.96. The van der Waals surface area contributed by atoms with Gasteiger partial charge in [-0.15, -0.1) is 11.3 Å². The van der Waals surface area contributed by atoms with E-state index in [-0.39, 0.29) is 0 Å². The van der Waals surface area contributed by atoms with Crippen LogP contribution in [0.1, 0.15) is 22.3 Å². The van der Waals surface area contributed by atoms with Gasteiger partial charge in [0.15, 0.2) is 0 Å². The minimum Gasteiger partial charge on any atom is -0.311 e. The molecule has 1 unspecified atom stereocenters.